The van der Waals surface area contributed by atoms with Gasteiger partial charge in [0.25, 0.3) is 0 Å². The molecular weight excluding hydrogens is 156 g/mol. The van der Waals surface area contributed by atoms with Gasteiger partial charge in [-0.15, -0.1) is 0 Å². The first-order chi connectivity index (χ1) is 5.70. The van der Waals surface area contributed by atoms with Gasteiger partial charge in [-0.2, -0.15) is 0 Å². The maximum Gasteiger partial charge on any atom is 0.243 e. The second-order valence-electron chi connectivity index (χ2n) is 3.43. The average molecular weight is 168 g/mol. The maximum atomic E-state index is 11.3. The van der Waals surface area contributed by atoms with Crippen LogP contribution >= 0.6 is 0 Å². The zero-order valence-electron chi connectivity index (χ0n) is 7.04. The Morgan fingerprint density at radius 2 is 2.17 bits per heavy atom. The van der Waals surface area contributed by atoms with Crippen LogP contribution < -0.4 is 5.32 Å². The van der Waals surface area contributed by atoms with Gasteiger partial charge < -0.3 is 0 Å². The molecule has 0 aromatic carbocycles. The first kappa shape index (κ1) is 7.73. The molecule has 0 aromatic heterocycles. The zero-order chi connectivity index (χ0) is 8.72. The molecule has 1 N–H and O–H groups in total. The van der Waals surface area contributed by atoms with E-state index in [-0.39, 0.29) is 23.9 Å². The van der Waals surface area contributed by atoms with Crippen LogP contribution in [0.4, 0.5) is 0 Å². The third-order valence-corrected chi connectivity index (χ3v) is 2.72. The summed E-state index contributed by atoms with van der Waals surface area (Å²) in [7, 11) is 0. The quantitative estimate of drug-likeness (QED) is 0.496. The minimum absolute atomic E-state index is 0.0438. The third kappa shape index (κ3) is 0.948. The van der Waals surface area contributed by atoms with Crippen molar-refractivity contribution in [2.75, 3.05) is 6.54 Å². The number of nitrogens with zero attached hydrogens (tertiary/aromatic N) is 1. The monoisotopic (exact) mass is 168 g/mol. The van der Waals surface area contributed by atoms with Crippen molar-refractivity contribution in [3.63, 3.8) is 0 Å². The van der Waals surface area contributed by atoms with Gasteiger partial charge in [-0.3, -0.25) is 19.8 Å². The Labute approximate surface area is 70.9 Å². The van der Waals surface area contributed by atoms with Crippen molar-refractivity contribution >= 4 is 11.8 Å². The number of hydrogen-bond donors (Lipinski definition) is 1. The summed E-state index contributed by atoms with van der Waals surface area (Å²) >= 11 is 0. The molecule has 0 radical (unpaired) electrons. The Morgan fingerprint density at radius 1 is 1.42 bits per heavy atom. The lowest BCUT2D eigenvalue weighted by molar-refractivity contribution is -0.142. The molecule has 0 aromatic rings. The van der Waals surface area contributed by atoms with Crippen LogP contribution in [0.2, 0.25) is 0 Å². The van der Waals surface area contributed by atoms with Crippen LogP contribution in [0.3, 0.4) is 0 Å². The van der Waals surface area contributed by atoms with Gasteiger partial charge >= 0.3 is 0 Å². The lowest BCUT2D eigenvalue weighted by Crippen LogP contribution is -2.60. The van der Waals surface area contributed by atoms with Gasteiger partial charge in [0.05, 0.1) is 12.1 Å². The van der Waals surface area contributed by atoms with Crippen molar-refractivity contribution in [3.8, 4) is 0 Å². The highest BCUT2D eigenvalue weighted by Crippen LogP contribution is 2.22. The van der Waals surface area contributed by atoms with Crippen molar-refractivity contribution in [3.05, 3.63) is 0 Å². The molecular formula is C8H12N2O2. The SMILES string of the molecule is C[C@@H]1C(=O)NC(=O)[C@@H]2CCCN12. The maximum absolute atomic E-state index is 11.3. The molecule has 2 amide bonds. The van der Waals surface area contributed by atoms with E-state index < -0.39 is 0 Å². The number of carbonyl (C=O) groups excluding carboxylic acids is 2. The second kappa shape index (κ2) is 2.55. The number of hydrogen-bond acceptors (Lipinski definition) is 3. The molecule has 0 spiro atoms. The first-order valence-corrected chi connectivity index (χ1v) is 4.30. The number of rotatable bonds is 0. The molecule has 2 aliphatic rings. The first-order valence-electron chi connectivity index (χ1n) is 4.30. The van der Waals surface area contributed by atoms with Gasteiger partial charge in [0.2, 0.25) is 11.8 Å². The third-order valence-electron chi connectivity index (χ3n) is 2.72. The second-order valence-corrected chi connectivity index (χ2v) is 3.43. The average Bonchev–Trinajstić information content (AvgIpc) is 2.48. The fraction of sp³-hybridized carbons (Fsp3) is 0.750. The molecule has 2 atom stereocenters. The molecule has 2 saturated heterocycles. The molecule has 0 unspecified atom stereocenters. The van der Waals surface area contributed by atoms with E-state index in [0.717, 1.165) is 19.4 Å². The summed E-state index contributed by atoms with van der Waals surface area (Å²) in [6, 6.07) is -0.173. The smallest absolute Gasteiger partial charge is 0.243 e. The molecule has 2 rings (SSSR count). The fourth-order valence-corrected chi connectivity index (χ4v) is 1.99. The Balaban J connectivity index is 2.23. The van der Waals surface area contributed by atoms with Crippen LogP contribution in [0.25, 0.3) is 0 Å². The molecule has 2 heterocycles. The summed E-state index contributed by atoms with van der Waals surface area (Å²) in [5, 5.41) is 2.38. The molecule has 0 aliphatic carbocycles. The van der Waals surface area contributed by atoms with E-state index in [1.165, 1.54) is 0 Å². The molecule has 12 heavy (non-hydrogen) atoms. The van der Waals surface area contributed by atoms with E-state index in [4.69, 9.17) is 0 Å². The van der Waals surface area contributed by atoms with Crippen molar-refractivity contribution in [2.45, 2.75) is 31.8 Å². The van der Waals surface area contributed by atoms with Crippen molar-refractivity contribution in [2.24, 2.45) is 0 Å². The molecule has 0 saturated carbocycles. The van der Waals surface area contributed by atoms with Crippen molar-refractivity contribution in [1.82, 2.24) is 10.2 Å². The van der Waals surface area contributed by atoms with Gasteiger partial charge in [-0.1, -0.05) is 0 Å². The largest absolute Gasteiger partial charge is 0.294 e. The fourth-order valence-electron chi connectivity index (χ4n) is 1.99. The lowest BCUT2D eigenvalue weighted by Gasteiger charge is -2.33. The number of piperazine rings is 1. The van der Waals surface area contributed by atoms with E-state index in [2.05, 4.69) is 5.32 Å². The van der Waals surface area contributed by atoms with Crippen LogP contribution in [0, 0.1) is 0 Å². The summed E-state index contributed by atoms with van der Waals surface area (Å²) in [6.45, 7) is 2.73. The summed E-state index contributed by atoms with van der Waals surface area (Å²) < 4.78 is 0. The Kier molecular flexibility index (Phi) is 1.65. The van der Waals surface area contributed by atoms with Crippen LogP contribution in [-0.2, 0) is 9.59 Å². The predicted octanol–water partition coefficient (Wildman–Crippen LogP) is -0.504. The van der Waals surface area contributed by atoms with Crippen LogP contribution in [0.1, 0.15) is 19.8 Å². The molecule has 0 bridgehead atoms. The summed E-state index contributed by atoms with van der Waals surface area (Å²) in [4.78, 5) is 24.4. The number of carbonyl (C=O) groups is 2. The highest BCUT2D eigenvalue weighted by Gasteiger charge is 2.41. The predicted molar refractivity (Wildman–Crippen MR) is 42.3 cm³/mol. The minimum Gasteiger partial charge on any atom is -0.294 e. The van der Waals surface area contributed by atoms with Crippen molar-refractivity contribution < 1.29 is 9.59 Å². The van der Waals surface area contributed by atoms with Gasteiger partial charge in [0, 0.05) is 0 Å². The van der Waals surface area contributed by atoms with E-state index in [1.807, 2.05) is 11.8 Å². The van der Waals surface area contributed by atoms with Gasteiger partial charge in [0.1, 0.15) is 0 Å². The zero-order valence-corrected chi connectivity index (χ0v) is 7.04. The highest BCUT2D eigenvalue weighted by molar-refractivity contribution is 6.02. The summed E-state index contributed by atoms with van der Waals surface area (Å²) in [5.41, 5.74) is 0. The molecule has 2 aliphatic heterocycles. The van der Waals surface area contributed by atoms with E-state index in [9.17, 15) is 9.59 Å². The normalized spacial score (nSPS) is 36.4. The van der Waals surface area contributed by atoms with E-state index >= 15 is 0 Å². The van der Waals surface area contributed by atoms with E-state index in [0.29, 0.717) is 0 Å². The lowest BCUT2D eigenvalue weighted by atomic mass is 10.1. The standard InChI is InChI=1S/C8H12N2O2/c1-5-7(11)9-8(12)6-3-2-4-10(5)6/h5-6H,2-4H2,1H3,(H,9,11,12)/t5-,6+/m1/s1. The Bertz CT molecular complexity index is 239. The van der Waals surface area contributed by atoms with Crippen LogP contribution in [0.5, 0.6) is 0 Å². The highest BCUT2D eigenvalue weighted by atomic mass is 16.2. The van der Waals surface area contributed by atoms with Gasteiger partial charge in [-0.25, -0.2) is 0 Å². The van der Waals surface area contributed by atoms with Crippen LogP contribution in [0.15, 0.2) is 0 Å². The van der Waals surface area contributed by atoms with Crippen LogP contribution in [-0.4, -0.2) is 35.3 Å². The summed E-state index contributed by atoms with van der Waals surface area (Å²) in [5.74, 6) is -0.270. The van der Waals surface area contributed by atoms with Gasteiger partial charge in [-0.05, 0) is 26.3 Å². The van der Waals surface area contributed by atoms with Gasteiger partial charge in [0.15, 0.2) is 0 Å². The molecule has 4 nitrogen and oxygen atoms in total. The molecule has 66 valence electrons. The Hall–Kier alpha value is -0.900. The van der Waals surface area contributed by atoms with Crippen molar-refractivity contribution in [1.29, 1.82) is 0 Å². The molecule has 2 fully saturated rings. The molecule has 4 heteroatoms. The number of fused-ring (bicyclic) bond motifs is 1. The number of nitrogens with one attached hydrogen (secondary N) is 1. The number of amides is 2. The summed E-state index contributed by atoms with van der Waals surface area (Å²) in [6.07, 6.45) is 1.92. The topological polar surface area (TPSA) is 49.4 Å². The minimum atomic E-state index is -0.154. The number of imide groups is 1. The van der Waals surface area contributed by atoms with E-state index in [1.54, 1.807) is 0 Å². The Morgan fingerprint density at radius 3 is 2.92 bits per heavy atom.